The monoisotopic (exact) mass is 236 g/mol. The highest BCUT2D eigenvalue weighted by atomic mass is 16.2. The average Bonchev–Trinajstić information content (AvgIpc) is 2.98. The van der Waals surface area contributed by atoms with E-state index in [9.17, 15) is 4.79 Å². The van der Waals surface area contributed by atoms with Crippen molar-refractivity contribution in [3.8, 4) is 0 Å². The number of nitrogens with one attached hydrogen (secondary N) is 1. The van der Waals surface area contributed by atoms with E-state index in [2.05, 4.69) is 5.32 Å². The van der Waals surface area contributed by atoms with E-state index in [1.165, 1.54) is 32.1 Å². The zero-order valence-corrected chi connectivity index (χ0v) is 10.7. The van der Waals surface area contributed by atoms with Gasteiger partial charge in [0.2, 0.25) is 5.91 Å². The standard InChI is InChI=1S/C14H24N2O/c1-2-12(15)14(17)16-13-7-8-6-11(13)10-5-3-4-9(8)10/h8-13H,2-7,15H2,1H3,(H,16,17)/t8?,9?,10?,11?,12-,13?/m1/s1. The van der Waals surface area contributed by atoms with E-state index in [0.717, 1.165) is 30.1 Å². The molecule has 17 heavy (non-hydrogen) atoms. The minimum absolute atomic E-state index is 0.0691. The molecule has 3 aliphatic carbocycles. The third kappa shape index (κ3) is 1.79. The summed E-state index contributed by atoms with van der Waals surface area (Å²) >= 11 is 0. The van der Waals surface area contributed by atoms with Crippen molar-refractivity contribution in [2.24, 2.45) is 29.4 Å². The van der Waals surface area contributed by atoms with Crippen LogP contribution in [0.1, 0.15) is 45.4 Å². The van der Waals surface area contributed by atoms with Crippen LogP contribution in [0, 0.1) is 23.7 Å². The van der Waals surface area contributed by atoms with Crippen molar-refractivity contribution in [3.63, 3.8) is 0 Å². The van der Waals surface area contributed by atoms with Crippen molar-refractivity contribution in [1.82, 2.24) is 5.32 Å². The van der Waals surface area contributed by atoms with E-state index < -0.39 is 0 Å². The van der Waals surface area contributed by atoms with Gasteiger partial charge in [-0.25, -0.2) is 0 Å². The fourth-order valence-corrected chi connectivity index (χ4v) is 4.71. The third-order valence-corrected chi connectivity index (χ3v) is 5.53. The summed E-state index contributed by atoms with van der Waals surface area (Å²) < 4.78 is 0. The summed E-state index contributed by atoms with van der Waals surface area (Å²) in [4.78, 5) is 11.9. The maximum absolute atomic E-state index is 11.9. The minimum atomic E-state index is -0.312. The first-order chi connectivity index (χ1) is 8.20. The van der Waals surface area contributed by atoms with Gasteiger partial charge in [-0.1, -0.05) is 13.3 Å². The van der Waals surface area contributed by atoms with Crippen LogP contribution >= 0.6 is 0 Å². The fraction of sp³-hybridized carbons (Fsp3) is 0.929. The molecule has 0 saturated heterocycles. The van der Waals surface area contributed by atoms with E-state index in [4.69, 9.17) is 5.73 Å². The van der Waals surface area contributed by atoms with Gasteiger partial charge in [-0.05, 0) is 55.8 Å². The number of carbonyl (C=O) groups excluding carboxylic acids is 1. The van der Waals surface area contributed by atoms with Crippen LogP contribution in [0.2, 0.25) is 0 Å². The van der Waals surface area contributed by atoms with Gasteiger partial charge >= 0.3 is 0 Å². The summed E-state index contributed by atoms with van der Waals surface area (Å²) in [7, 11) is 0. The third-order valence-electron chi connectivity index (χ3n) is 5.53. The lowest BCUT2D eigenvalue weighted by Gasteiger charge is -2.32. The number of carbonyl (C=O) groups is 1. The largest absolute Gasteiger partial charge is 0.352 e. The fourth-order valence-electron chi connectivity index (χ4n) is 4.71. The maximum atomic E-state index is 11.9. The number of fused-ring (bicyclic) bond motifs is 5. The first-order valence-corrected chi connectivity index (χ1v) is 7.26. The lowest BCUT2D eigenvalue weighted by atomic mass is 9.79. The molecule has 3 rings (SSSR count). The highest BCUT2D eigenvalue weighted by Crippen LogP contribution is 2.58. The summed E-state index contributed by atoms with van der Waals surface area (Å²) in [6.07, 6.45) is 7.57. The average molecular weight is 236 g/mol. The van der Waals surface area contributed by atoms with Gasteiger partial charge in [-0.2, -0.15) is 0 Å². The minimum Gasteiger partial charge on any atom is -0.352 e. The number of rotatable bonds is 3. The molecular formula is C14H24N2O. The second-order valence-electron chi connectivity index (χ2n) is 6.28. The molecule has 3 heteroatoms. The Morgan fingerprint density at radius 1 is 1.29 bits per heavy atom. The molecule has 3 fully saturated rings. The van der Waals surface area contributed by atoms with Crippen LogP contribution in [-0.2, 0) is 4.79 Å². The molecule has 0 spiro atoms. The molecule has 3 N–H and O–H groups in total. The van der Waals surface area contributed by atoms with E-state index in [1.807, 2.05) is 6.92 Å². The molecule has 0 radical (unpaired) electrons. The first kappa shape index (κ1) is 11.5. The summed E-state index contributed by atoms with van der Waals surface area (Å²) in [5.74, 6) is 3.64. The van der Waals surface area contributed by atoms with Crippen LogP contribution in [0.3, 0.4) is 0 Å². The molecule has 0 aliphatic heterocycles. The SMILES string of the molecule is CC[C@@H](N)C(=O)NC1CC2CC1C1CCCC21. The molecule has 2 bridgehead atoms. The molecule has 0 aromatic heterocycles. The van der Waals surface area contributed by atoms with Crippen LogP contribution in [0.15, 0.2) is 0 Å². The zero-order chi connectivity index (χ0) is 12.0. The Bertz CT molecular complexity index is 317. The van der Waals surface area contributed by atoms with Gasteiger partial charge in [-0.3, -0.25) is 4.79 Å². The summed E-state index contributed by atoms with van der Waals surface area (Å²) in [5.41, 5.74) is 5.79. The Kier molecular flexibility index (Phi) is 2.89. The molecule has 3 saturated carbocycles. The van der Waals surface area contributed by atoms with Crippen molar-refractivity contribution in [2.75, 3.05) is 0 Å². The van der Waals surface area contributed by atoms with Crippen LogP contribution in [0.5, 0.6) is 0 Å². The van der Waals surface area contributed by atoms with Crippen molar-refractivity contribution in [3.05, 3.63) is 0 Å². The Balaban J connectivity index is 1.62. The lowest BCUT2D eigenvalue weighted by molar-refractivity contribution is -0.123. The van der Waals surface area contributed by atoms with Gasteiger partial charge in [0.05, 0.1) is 6.04 Å². The highest BCUT2D eigenvalue weighted by molar-refractivity contribution is 5.81. The topological polar surface area (TPSA) is 55.1 Å². The quantitative estimate of drug-likeness (QED) is 0.783. The predicted octanol–water partition coefficient (Wildman–Crippen LogP) is 1.66. The van der Waals surface area contributed by atoms with E-state index in [-0.39, 0.29) is 11.9 Å². The Labute approximate surface area is 104 Å². The van der Waals surface area contributed by atoms with Gasteiger partial charge < -0.3 is 11.1 Å². The molecule has 3 aliphatic rings. The van der Waals surface area contributed by atoms with Gasteiger partial charge in [0.25, 0.3) is 0 Å². The Morgan fingerprint density at radius 3 is 2.82 bits per heavy atom. The maximum Gasteiger partial charge on any atom is 0.237 e. The Morgan fingerprint density at radius 2 is 2.06 bits per heavy atom. The van der Waals surface area contributed by atoms with Crippen LogP contribution in [-0.4, -0.2) is 18.0 Å². The van der Waals surface area contributed by atoms with E-state index >= 15 is 0 Å². The molecule has 0 heterocycles. The molecule has 5 unspecified atom stereocenters. The number of hydrogen-bond acceptors (Lipinski definition) is 2. The van der Waals surface area contributed by atoms with Crippen LogP contribution < -0.4 is 11.1 Å². The second-order valence-corrected chi connectivity index (χ2v) is 6.28. The zero-order valence-electron chi connectivity index (χ0n) is 10.7. The molecule has 0 aromatic rings. The van der Waals surface area contributed by atoms with E-state index in [0.29, 0.717) is 6.04 Å². The second kappa shape index (κ2) is 4.27. The van der Waals surface area contributed by atoms with Gasteiger partial charge in [0, 0.05) is 6.04 Å². The Hall–Kier alpha value is -0.570. The van der Waals surface area contributed by atoms with Gasteiger partial charge in [0.15, 0.2) is 0 Å². The molecule has 1 amide bonds. The van der Waals surface area contributed by atoms with Crippen molar-refractivity contribution in [1.29, 1.82) is 0 Å². The van der Waals surface area contributed by atoms with Crippen molar-refractivity contribution < 1.29 is 4.79 Å². The summed E-state index contributed by atoms with van der Waals surface area (Å²) in [5, 5.41) is 3.21. The van der Waals surface area contributed by atoms with E-state index in [1.54, 1.807) is 0 Å². The smallest absolute Gasteiger partial charge is 0.237 e. The molecule has 6 atom stereocenters. The molecule has 96 valence electrons. The van der Waals surface area contributed by atoms with Gasteiger partial charge in [0.1, 0.15) is 0 Å². The highest BCUT2D eigenvalue weighted by Gasteiger charge is 2.54. The normalized spacial score (nSPS) is 44.7. The molecular weight excluding hydrogens is 212 g/mol. The van der Waals surface area contributed by atoms with Gasteiger partial charge in [-0.15, -0.1) is 0 Å². The summed E-state index contributed by atoms with van der Waals surface area (Å²) in [6.45, 7) is 1.97. The molecule has 0 aromatic carbocycles. The lowest BCUT2D eigenvalue weighted by Crippen LogP contribution is -2.48. The number of amides is 1. The van der Waals surface area contributed by atoms with Crippen LogP contribution in [0.25, 0.3) is 0 Å². The molecule has 3 nitrogen and oxygen atoms in total. The van der Waals surface area contributed by atoms with Crippen molar-refractivity contribution in [2.45, 2.75) is 57.5 Å². The van der Waals surface area contributed by atoms with Crippen LogP contribution in [0.4, 0.5) is 0 Å². The van der Waals surface area contributed by atoms with Crippen molar-refractivity contribution >= 4 is 5.91 Å². The predicted molar refractivity (Wildman–Crippen MR) is 67.2 cm³/mol. The first-order valence-electron chi connectivity index (χ1n) is 7.26. The summed E-state index contributed by atoms with van der Waals surface area (Å²) in [6, 6.07) is 0.123. The number of hydrogen-bond donors (Lipinski definition) is 2. The number of nitrogens with two attached hydrogens (primary N) is 1.